The van der Waals surface area contributed by atoms with E-state index in [1.54, 1.807) is 0 Å². The molecule has 0 amide bonds. The lowest BCUT2D eigenvalue weighted by atomic mass is 10.0. The molecule has 0 heterocycles. The van der Waals surface area contributed by atoms with Gasteiger partial charge in [0.2, 0.25) is 0 Å². The summed E-state index contributed by atoms with van der Waals surface area (Å²) in [6.07, 6.45) is 72.5. The van der Waals surface area contributed by atoms with E-state index in [4.69, 9.17) is 24.3 Å². The summed E-state index contributed by atoms with van der Waals surface area (Å²) in [5.74, 6) is -0.913. The van der Waals surface area contributed by atoms with Crippen molar-refractivity contribution >= 4 is 19.8 Å². The second-order valence-electron chi connectivity index (χ2n) is 20.6. The lowest BCUT2D eigenvalue weighted by Gasteiger charge is -2.19. The molecule has 0 fully saturated rings. The zero-order chi connectivity index (χ0) is 52.4. The van der Waals surface area contributed by atoms with Crippen molar-refractivity contribution in [3.05, 3.63) is 48.6 Å². The van der Waals surface area contributed by atoms with Crippen LogP contribution in [-0.2, 0) is 32.7 Å². The third-order valence-electron chi connectivity index (χ3n) is 13.5. The van der Waals surface area contributed by atoms with Crippen LogP contribution < -0.4 is 5.73 Å². The monoisotopic (exact) mass is 1030 g/mol. The van der Waals surface area contributed by atoms with Gasteiger partial charge in [-0.15, -0.1) is 0 Å². The number of carbonyl (C=O) groups excluding carboxylic acids is 2. The van der Waals surface area contributed by atoms with E-state index in [9.17, 15) is 19.0 Å². The third-order valence-corrected chi connectivity index (χ3v) is 14.5. The number of hydrogen-bond acceptors (Lipinski definition) is 8. The average molecular weight is 1030 g/mol. The number of phosphoric acid groups is 1. The minimum absolute atomic E-state index is 0.0427. The Hall–Kier alpha value is -2.03. The Morgan fingerprint density at radius 1 is 0.431 bits per heavy atom. The minimum Gasteiger partial charge on any atom is -0.462 e. The van der Waals surface area contributed by atoms with Crippen molar-refractivity contribution in [3.8, 4) is 0 Å². The summed E-state index contributed by atoms with van der Waals surface area (Å²) < 4.78 is 32.8. The Kier molecular flexibility index (Phi) is 56.6. The quantitative estimate of drug-likeness (QED) is 0.0264. The van der Waals surface area contributed by atoms with Gasteiger partial charge in [-0.1, -0.05) is 300 Å². The van der Waals surface area contributed by atoms with Crippen molar-refractivity contribution in [2.24, 2.45) is 5.73 Å². The number of nitrogens with two attached hydrogens (primary N) is 1. The molecule has 422 valence electrons. The Morgan fingerprint density at radius 3 is 1.11 bits per heavy atom. The van der Waals surface area contributed by atoms with Crippen LogP contribution in [-0.4, -0.2) is 49.3 Å². The maximum atomic E-state index is 12.6. The summed E-state index contributed by atoms with van der Waals surface area (Å²) in [5, 5.41) is 0. The number of carbonyl (C=O) groups is 2. The van der Waals surface area contributed by atoms with Gasteiger partial charge in [0.15, 0.2) is 6.10 Å². The molecule has 10 heteroatoms. The highest BCUT2D eigenvalue weighted by atomic mass is 31.2. The SMILES string of the molecule is CC/C=C\C/C=C\C/C=C\C/C=C\CCC(=O)OC(COC(=O)CCCCCCCCCCCCCCCCCCCCCCCCCCCCCCCCCCCCCCCC)COP(=O)(O)OCCN. The normalized spacial score (nSPS) is 13.3. The van der Waals surface area contributed by atoms with Crippen molar-refractivity contribution in [3.63, 3.8) is 0 Å². The van der Waals surface area contributed by atoms with Crippen LogP contribution in [0.25, 0.3) is 0 Å². The number of hydrogen-bond donors (Lipinski definition) is 2. The predicted octanol–water partition coefficient (Wildman–Crippen LogP) is 19.4. The van der Waals surface area contributed by atoms with Crippen LogP contribution in [0.5, 0.6) is 0 Å². The zero-order valence-electron chi connectivity index (χ0n) is 47.2. The second-order valence-corrected chi connectivity index (χ2v) is 22.0. The summed E-state index contributed by atoms with van der Waals surface area (Å²) >= 11 is 0. The molecule has 0 aliphatic heterocycles. The molecule has 72 heavy (non-hydrogen) atoms. The second kappa shape index (κ2) is 58.2. The molecule has 2 atom stereocenters. The Bertz CT molecular complexity index is 1320. The van der Waals surface area contributed by atoms with Gasteiger partial charge in [0.25, 0.3) is 0 Å². The van der Waals surface area contributed by atoms with Crippen LogP contribution in [0.3, 0.4) is 0 Å². The zero-order valence-corrected chi connectivity index (χ0v) is 48.1. The molecule has 0 saturated heterocycles. The summed E-state index contributed by atoms with van der Waals surface area (Å²) in [6, 6.07) is 0. The van der Waals surface area contributed by atoms with Gasteiger partial charge in [0.1, 0.15) is 6.61 Å². The maximum absolute atomic E-state index is 12.6. The van der Waals surface area contributed by atoms with Crippen LogP contribution in [0.15, 0.2) is 48.6 Å². The van der Waals surface area contributed by atoms with Crippen molar-refractivity contribution in [2.75, 3.05) is 26.4 Å². The average Bonchev–Trinajstić information content (AvgIpc) is 3.37. The van der Waals surface area contributed by atoms with Crippen molar-refractivity contribution < 1.29 is 37.6 Å². The molecule has 0 aliphatic rings. The summed E-state index contributed by atoms with van der Waals surface area (Å²) in [6.45, 7) is 3.57. The van der Waals surface area contributed by atoms with Gasteiger partial charge in [-0.3, -0.25) is 18.6 Å². The number of allylic oxidation sites excluding steroid dienone is 8. The molecular formula is C62H116NO8P. The summed E-state index contributed by atoms with van der Waals surface area (Å²) in [7, 11) is -4.40. The number of esters is 2. The van der Waals surface area contributed by atoms with E-state index < -0.39 is 32.5 Å². The van der Waals surface area contributed by atoms with E-state index in [0.717, 1.165) is 44.9 Å². The third kappa shape index (κ3) is 57.3. The van der Waals surface area contributed by atoms with Crippen LogP contribution >= 0.6 is 7.82 Å². The maximum Gasteiger partial charge on any atom is 0.472 e. The summed E-state index contributed by atoms with van der Waals surface area (Å²) in [5.41, 5.74) is 5.36. The first-order valence-electron chi connectivity index (χ1n) is 30.6. The highest BCUT2D eigenvalue weighted by Gasteiger charge is 2.26. The molecule has 0 spiro atoms. The van der Waals surface area contributed by atoms with E-state index in [0.29, 0.717) is 6.42 Å². The predicted molar refractivity (Wildman–Crippen MR) is 307 cm³/mol. The van der Waals surface area contributed by atoms with E-state index in [1.807, 2.05) is 12.2 Å². The molecule has 0 bridgehead atoms. The molecule has 0 aromatic carbocycles. The van der Waals surface area contributed by atoms with Gasteiger partial charge >= 0.3 is 19.8 Å². The van der Waals surface area contributed by atoms with E-state index in [2.05, 4.69) is 50.3 Å². The standard InChI is InChI=1S/C62H116NO8P/c1-3-5-7-9-11-13-15-17-18-19-20-21-22-23-24-25-26-27-28-29-30-31-32-33-34-35-36-37-38-39-40-41-43-44-46-48-50-52-54-61(64)68-58-60(59-70-72(66,67)69-57-56-63)71-62(65)55-53-51-49-47-45-42-16-14-12-10-8-6-4-2/h6,8,12,14,42,45,49,51,60H,3-5,7,9-11,13,15-41,43-44,46-48,50,52-59,63H2,1-2H3,(H,66,67)/b8-6-,14-12-,45-42-,51-49-. The van der Waals surface area contributed by atoms with Crippen LogP contribution in [0.1, 0.15) is 303 Å². The van der Waals surface area contributed by atoms with Gasteiger partial charge in [0, 0.05) is 19.4 Å². The first-order valence-corrected chi connectivity index (χ1v) is 32.1. The Labute approximate surface area is 445 Å². The highest BCUT2D eigenvalue weighted by Crippen LogP contribution is 2.43. The minimum atomic E-state index is -4.40. The molecule has 0 aromatic heterocycles. The molecule has 0 radical (unpaired) electrons. The molecule has 9 nitrogen and oxygen atoms in total. The number of unbranched alkanes of at least 4 members (excludes halogenated alkanes) is 37. The first kappa shape index (κ1) is 70.0. The van der Waals surface area contributed by atoms with E-state index >= 15 is 0 Å². The summed E-state index contributed by atoms with van der Waals surface area (Å²) in [4.78, 5) is 35.0. The molecule has 3 N–H and O–H groups in total. The van der Waals surface area contributed by atoms with Crippen LogP contribution in [0, 0.1) is 0 Å². The first-order chi connectivity index (χ1) is 35.3. The number of phosphoric ester groups is 1. The molecule has 0 saturated carbocycles. The van der Waals surface area contributed by atoms with Crippen LogP contribution in [0.2, 0.25) is 0 Å². The smallest absolute Gasteiger partial charge is 0.462 e. The molecule has 0 rings (SSSR count). The van der Waals surface area contributed by atoms with Gasteiger partial charge in [-0.05, 0) is 38.5 Å². The Morgan fingerprint density at radius 2 is 0.764 bits per heavy atom. The molecule has 0 aliphatic carbocycles. The highest BCUT2D eigenvalue weighted by molar-refractivity contribution is 7.47. The van der Waals surface area contributed by atoms with Gasteiger partial charge < -0.3 is 20.1 Å². The van der Waals surface area contributed by atoms with Crippen molar-refractivity contribution in [1.29, 1.82) is 0 Å². The largest absolute Gasteiger partial charge is 0.472 e. The molecule has 2 unspecified atom stereocenters. The molecule has 0 aromatic rings. The number of rotatable bonds is 58. The van der Waals surface area contributed by atoms with E-state index in [-0.39, 0.29) is 32.6 Å². The fraction of sp³-hybridized carbons (Fsp3) is 0.839. The van der Waals surface area contributed by atoms with Crippen LogP contribution in [0.4, 0.5) is 0 Å². The van der Waals surface area contributed by atoms with Gasteiger partial charge in [-0.2, -0.15) is 0 Å². The van der Waals surface area contributed by atoms with E-state index in [1.165, 1.54) is 225 Å². The van der Waals surface area contributed by atoms with Gasteiger partial charge in [-0.25, -0.2) is 4.57 Å². The lowest BCUT2D eigenvalue weighted by molar-refractivity contribution is -0.161. The fourth-order valence-corrected chi connectivity index (χ4v) is 9.77. The molecular weight excluding hydrogens is 918 g/mol. The van der Waals surface area contributed by atoms with Crippen molar-refractivity contribution in [1.82, 2.24) is 0 Å². The van der Waals surface area contributed by atoms with Crippen molar-refractivity contribution in [2.45, 2.75) is 309 Å². The lowest BCUT2D eigenvalue weighted by Crippen LogP contribution is -2.29. The Balaban J connectivity index is 3.73. The van der Waals surface area contributed by atoms with Gasteiger partial charge in [0.05, 0.1) is 13.2 Å². The topological polar surface area (TPSA) is 134 Å². The fourth-order valence-electron chi connectivity index (χ4n) is 9.01. The number of ether oxygens (including phenoxy) is 2.